The van der Waals surface area contributed by atoms with Crippen molar-refractivity contribution >= 4 is 12.6 Å². The molecular weight excluding hydrogens is 258 g/mol. The van der Waals surface area contributed by atoms with Gasteiger partial charge < -0.3 is 9.47 Å². The maximum absolute atomic E-state index is 10.9. The van der Waals surface area contributed by atoms with Gasteiger partial charge in [-0.2, -0.15) is 0 Å². The first kappa shape index (κ1) is 13.7. The average Bonchev–Trinajstić information content (AvgIpc) is 2.53. The number of nitrogens with zero attached hydrogens (tertiary/aromatic N) is 1. The zero-order chi connectivity index (χ0) is 14.5. The zero-order valence-electron chi connectivity index (χ0n) is 11.1. The van der Waals surface area contributed by atoms with Crippen molar-refractivity contribution in [3.05, 3.63) is 41.7 Å². The van der Waals surface area contributed by atoms with E-state index in [-0.39, 0.29) is 11.4 Å². The van der Waals surface area contributed by atoms with Gasteiger partial charge in [-0.1, -0.05) is 6.07 Å². The molecule has 1 aromatic heterocycles. The number of ether oxygens (including phenoxy) is 2. The first-order valence-corrected chi connectivity index (χ1v) is 5.86. The Hall–Kier alpha value is -2.69. The lowest BCUT2D eigenvalue weighted by molar-refractivity contribution is 0.111. The summed E-state index contributed by atoms with van der Waals surface area (Å²) in [5.74, 6) is 1.18. The van der Waals surface area contributed by atoms with E-state index < -0.39 is 0 Å². The monoisotopic (exact) mass is 271 g/mol. The minimum absolute atomic E-state index is 0.208. The number of pyridine rings is 1. The van der Waals surface area contributed by atoms with Crippen LogP contribution in [0.5, 0.6) is 11.5 Å². The highest BCUT2D eigenvalue weighted by molar-refractivity contribution is 5.82. The van der Waals surface area contributed by atoms with Gasteiger partial charge in [0.25, 0.3) is 0 Å². The molecule has 1 heterocycles. The molecule has 20 heavy (non-hydrogen) atoms. The molecule has 102 valence electrons. The molecule has 2 rings (SSSR count). The van der Waals surface area contributed by atoms with Crippen LogP contribution in [0.1, 0.15) is 21.0 Å². The Morgan fingerprint density at radius 3 is 1.95 bits per heavy atom. The lowest BCUT2D eigenvalue weighted by Gasteiger charge is -2.10. The van der Waals surface area contributed by atoms with Crippen molar-refractivity contribution in [1.82, 2.24) is 4.98 Å². The van der Waals surface area contributed by atoms with E-state index in [9.17, 15) is 9.59 Å². The Kier molecular flexibility index (Phi) is 4.10. The van der Waals surface area contributed by atoms with Crippen LogP contribution in [0.2, 0.25) is 0 Å². The van der Waals surface area contributed by atoms with Crippen molar-refractivity contribution in [1.29, 1.82) is 0 Å². The van der Waals surface area contributed by atoms with E-state index in [1.807, 2.05) is 6.07 Å². The second kappa shape index (κ2) is 5.97. The van der Waals surface area contributed by atoms with E-state index in [4.69, 9.17) is 9.47 Å². The van der Waals surface area contributed by atoms with Crippen LogP contribution in [0, 0.1) is 0 Å². The first-order valence-electron chi connectivity index (χ1n) is 5.86. The number of methoxy groups -OCH3 is 2. The Morgan fingerprint density at radius 1 is 0.850 bits per heavy atom. The number of aromatic nitrogens is 1. The fraction of sp³-hybridized carbons (Fsp3) is 0.133. The van der Waals surface area contributed by atoms with Crippen LogP contribution in [0.4, 0.5) is 0 Å². The maximum Gasteiger partial charge on any atom is 0.168 e. The minimum Gasteiger partial charge on any atom is -0.493 e. The molecule has 0 radical (unpaired) electrons. The van der Waals surface area contributed by atoms with E-state index in [1.165, 1.54) is 0 Å². The quantitative estimate of drug-likeness (QED) is 0.781. The number of hydrogen-bond acceptors (Lipinski definition) is 5. The molecule has 0 aliphatic rings. The molecule has 5 nitrogen and oxygen atoms in total. The maximum atomic E-state index is 10.9. The highest BCUT2D eigenvalue weighted by Crippen LogP contribution is 2.32. The summed E-state index contributed by atoms with van der Waals surface area (Å²) in [6, 6.07) is 8.58. The largest absolute Gasteiger partial charge is 0.493 e. The smallest absolute Gasteiger partial charge is 0.168 e. The number of hydrogen-bond donors (Lipinski definition) is 0. The van der Waals surface area contributed by atoms with Crippen molar-refractivity contribution in [2.45, 2.75) is 0 Å². The fourth-order valence-electron chi connectivity index (χ4n) is 1.88. The van der Waals surface area contributed by atoms with Crippen LogP contribution < -0.4 is 9.47 Å². The van der Waals surface area contributed by atoms with Crippen molar-refractivity contribution in [2.24, 2.45) is 0 Å². The van der Waals surface area contributed by atoms with Gasteiger partial charge in [-0.25, -0.2) is 4.98 Å². The molecular formula is C15H13NO4. The van der Waals surface area contributed by atoms with Gasteiger partial charge in [0.05, 0.1) is 14.2 Å². The molecule has 0 aliphatic heterocycles. The minimum atomic E-state index is 0.208. The molecule has 0 atom stereocenters. The highest BCUT2D eigenvalue weighted by Gasteiger charge is 2.08. The predicted octanol–water partition coefficient (Wildman–Crippen LogP) is 2.39. The van der Waals surface area contributed by atoms with Crippen molar-refractivity contribution in [3.63, 3.8) is 0 Å². The summed E-state index contributed by atoms with van der Waals surface area (Å²) >= 11 is 0. The van der Waals surface area contributed by atoms with Crippen LogP contribution in [0.25, 0.3) is 11.1 Å². The topological polar surface area (TPSA) is 65.5 Å². The summed E-state index contributed by atoms with van der Waals surface area (Å²) in [5.41, 5.74) is 1.93. The Balaban J connectivity index is 2.55. The van der Waals surface area contributed by atoms with Crippen LogP contribution in [-0.2, 0) is 0 Å². The fourth-order valence-corrected chi connectivity index (χ4v) is 1.88. The summed E-state index contributed by atoms with van der Waals surface area (Å²) in [6.07, 6.45) is 1.22. The molecule has 0 amide bonds. The molecule has 0 bridgehead atoms. The summed E-state index contributed by atoms with van der Waals surface area (Å²) in [7, 11) is 3.10. The van der Waals surface area contributed by atoms with E-state index >= 15 is 0 Å². The van der Waals surface area contributed by atoms with Gasteiger partial charge in [0.1, 0.15) is 11.4 Å². The molecule has 0 fully saturated rings. The summed E-state index contributed by atoms with van der Waals surface area (Å²) < 4.78 is 10.4. The molecule has 0 unspecified atom stereocenters. The summed E-state index contributed by atoms with van der Waals surface area (Å²) in [4.78, 5) is 25.6. The van der Waals surface area contributed by atoms with Crippen LogP contribution in [-0.4, -0.2) is 31.8 Å². The van der Waals surface area contributed by atoms with E-state index in [2.05, 4.69) is 4.98 Å². The standard InChI is InChI=1S/C15H13NO4/c1-19-14-4-3-10(7-15(14)20-2)11-5-12(8-17)16-13(6-11)9-18/h3-9H,1-2H3. The van der Waals surface area contributed by atoms with E-state index in [1.54, 1.807) is 38.5 Å². The number of benzene rings is 1. The number of carbonyl (C=O) groups excluding carboxylic acids is 2. The second-order valence-electron chi connectivity index (χ2n) is 4.01. The Labute approximate surface area is 116 Å². The third kappa shape index (κ3) is 2.66. The Bertz CT molecular complexity index is 626. The van der Waals surface area contributed by atoms with Gasteiger partial charge in [-0.15, -0.1) is 0 Å². The lowest BCUT2D eigenvalue weighted by Crippen LogP contribution is -1.95. The van der Waals surface area contributed by atoms with Crippen molar-refractivity contribution in [2.75, 3.05) is 14.2 Å². The third-order valence-electron chi connectivity index (χ3n) is 2.82. The number of aldehydes is 2. The molecule has 5 heteroatoms. The molecule has 0 N–H and O–H groups in total. The lowest BCUT2D eigenvalue weighted by atomic mass is 10.0. The van der Waals surface area contributed by atoms with E-state index in [0.717, 1.165) is 5.56 Å². The van der Waals surface area contributed by atoms with Crippen LogP contribution in [0.15, 0.2) is 30.3 Å². The molecule has 0 saturated heterocycles. The number of rotatable bonds is 5. The first-order chi connectivity index (χ1) is 9.71. The Morgan fingerprint density at radius 2 is 1.45 bits per heavy atom. The summed E-state index contributed by atoms with van der Waals surface area (Å²) in [6.45, 7) is 0. The van der Waals surface area contributed by atoms with Gasteiger partial charge in [-0.05, 0) is 35.4 Å². The van der Waals surface area contributed by atoms with E-state index in [0.29, 0.717) is 29.6 Å². The second-order valence-corrected chi connectivity index (χ2v) is 4.01. The third-order valence-corrected chi connectivity index (χ3v) is 2.82. The summed E-state index contributed by atoms with van der Waals surface area (Å²) in [5, 5.41) is 0. The van der Waals surface area contributed by atoms with Gasteiger partial charge in [0, 0.05) is 0 Å². The highest BCUT2D eigenvalue weighted by atomic mass is 16.5. The van der Waals surface area contributed by atoms with Crippen LogP contribution in [0.3, 0.4) is 0 Å². The van der Waals surface area contributed by atoms with Gasteiger partial charge in [0.2, 0.25) is 0 Å². The van der Waals surface area contributed by atoms with Gasteiger partial charge >= 0.3 is 0 Å². The van der Waals surface area contributed by atoms with Gasteiger partial charge in [0.15, 0.2) is 24.1 Å². The average molecular weight is 271 g/mol. The number of carbonyl (C=O) groups is 2. The zero-order valence-corrected chi connectivity index (χ0v) is 11.1. The predicted molar refractivity (Wildman–Crippen MR) is 73.6 cm³/mol. The SMILES string of the molecule is COc1ccc(-c2cc(C=O)nc(C=O)c2)cc1OC. The van der Waals surface area contributed by atoms with Crippen molar-refractivity contribution in [3.8, 4) is 22.6 Å². The van der Waals surface area contributed by atoms with Crippen LogP contribution >= 0.6 is 0 Å². The molecule has 0 aliphatic carbocycles. The molecule has 1 aromatic carbocycles. The van der Waals surface area contributed by atoms with Crippen molar-refractivity contribution < 1.29 is 19.1 Å². The molecule has 2 aromatic rings. The van der Waals surface area contributed by atoms with Gasteiger partial charge in [-0.3, -0.25) is 9.59 Å². The molecule has 0 saturated carbocycles. The molecule has 0 spiro atoms. The normalized spacial score (nSPS) is 9.90.